The zero-order valence-corrected chi connectivity index (χ0v) is 10.1. The van der Waals surface area contributed by atoms with Crippen molar-refractivity contribution in [2.24, 2.45) is 11.7 Å². The average molecular weight is 248 g/mol. The lowest BCUT2D eigenvalue weighted by atomic mass is 10.1. The second kappa shape index (κ2) is 4.91. The number of furan rings is 1. The highest BCUT2D eigenvalue weighted by molar-refractivity contribution is 5.42. The topological polar surface area (TPSA) is 81.3 Å². The van der Waals surface area contributed by atoms with Crippen LogP contribution < -0.4 is 5.73 Å². The predicted molar refractivity (Wildman–Crippen MR) is 64.4 cm³/mol. The van der Waals surface area contributed by atoms with Gasteiger partial charge in [-0.3, -0.25) is 4.90 Å². The maximum absolute atomic E-state index is 5.67. The Morgan fingerprint density at radius 2 is 2.39 bits per heavy atom. The summed E-state index contributed by atoms with van der Waals surface area (Å²) in [6.07, 6.45) is 2.74. The molecular weight excluding hydrogens is 232 g/mol. The molecule has 1 unspecified atom stereocenters. The van der Waals surface area contributed by atoms with Crippen molar-refractivity contribution in [3.8, 4) is 11.7 Å². The standard InChI is InChI=1S/C12H16N4O2/c13-6-9-3-4-16(7-9)8-11-14-15-12(18-11)10-2-1-5-17-10/h1-2,5,9H,3-4,6-8,13H2. The molecule has 3 rings (SSSR count). The molecule has 1 saturated heterocycles. The summed E-state index contributed by atoms with van der Waals surface area (Å²) >= 11 is 0. The van der Waals surface area contributed by atoms with Gasteiger partial charge < -0.3 is 14.6 Å². The Morgan fingerprint density at radius 3 is 3.11 bits per heavy atom. The molecule has 1 fully saturated rings. The average Bonchev–Trinajstić information content (AvgIpc) is 3.10. The fourth-order valence-corrected chi connectivity index (χ4v) is 2.26. The monoisotopic (exact) mass is 248 g/mol. The summed E-state index contributed by atoms with van der Waals surface area (Å²) in [5.41, 5.74) is 5.67. The molecule has 18 heavy (non-hydrogen) atoms. The van der Waals surface area contributed by atoms with Crippen molar-refractivity contribution in [2.75, 3.05) is 19.6 Å². The third kappa shape index (κ3) is 2.30. The molecule has 1 aliphatic rings. The smallest absolute Gasteiger partial charge is 0.283 e. The van der Waals surface area contributed by atoms with E-state index in [1.54, 1.807) is 18.4 Å². The lowest BCUT2D eigenvalue weighted by Crippen LogP contribution is -2.22. The molecule has 96 valence electrons. The van der Waals surface area contributed by atoms with Crippen molar-refractivity contribution in [1.82, 2.24) is 15.1 Å². The molecular formula is C12H16N4O2. The molecule has 0 saturated carbocycles. The van der Waals surface area contributed by atoms with Gasteiger partial charge in [-0.2, -0.15) is 0 Å². The molecule has 0 aliphatic carbocycles. The highest BCUT2D eigenvalue weighted by Gasteiger charge is 2.23. The van der Waals surface area contributed by atoms with Gasteiger partial charge in [0.15, 0.2) is 5.76 Å². The normalized spacial score (nSPS) is 20.6. The fraction of sp³-hybridized carbons (Fsp3) is 0.500. The van der Waals surface area contributed by atoms with Crippen molar-refractivity contribution >= 4 is 0 Å². The Balaban J connectivity index is 1.64. The van der Waals surface area contributed by atoms with E-state index in [4.69, 9.17) is 14.6 Å². The number of likely N-dealkylation sites (tertiary alicyclic amines) is 1. The molecule has 1 atom stereocenters. The van der Waals surface area contributed by atoms with E-state index in [0.717, 1.165) is 26.1 Å². The van der Waals surface area contributed by atoms with Gasteiger partial charge in [0.05, 0.1) is 12.8 Å². The Bertz CT molecular complexity index is 494. The first-order chi connectivity index (χ1) is 8.85. The minimum Gasteiger partial charge on any atom is -0.459 e. The van der Waals surface area contributed by atoms with Crippen LogP contribution >= 0.6 is 0 Å². The largest absolute Gasteiger partial charge is 0.459 e. The predicted octanol–water partition coefficient (Wildman–Crippen LogP) is 1.11. The van der Waals surface area contributed by atoms with Crippen LogP contribution in [0.3, 0.4) is 0 Å². The third-order valence-electron chi connectivity index (χ3n) is 3.26. The van der Waals surface area contributed by atoms with Gasteiger partial charge in [-0.1, -0.05) is 0 Å². The number of rotatable bonds is 4. The van der Waals surface area contributed by atoms with Gasteiger partial charge in [-0.05, 0) is 37.6 Å². The van der Waals surface area contributed by atoms with Gasteiger partial charge in [0.2, 0.25) is 5.89 Å². The Kier molecular flexibility index (Phi) is 3.12. The third-order valence-corrected chi connectivity index (χ3v) is 3.26. The first kappa shape index (κ1) is 11.4. The van der Waals surface area contributed by atoms with Crippen LogP contribution in [0.1, 0.15) is 12.3 Å². The summed E-state index contributed by atoms with van der Waals surface area (Å²) < 4.78 is 10.8. The Labute approximate surface area is 105 Å². The molecule has 3 heterocycles. The Morgan fingerprint density at radius 1 is 1.44 bits per heavy atom. The van der Waals surface area contributed by atoms with Crippen LogP contribution in [-0.2, 0) is 6.54 Å². The van der Waals surface area contributed by atoms with E-state index in [1.807, 2.05) is 0 Å². The van der Waals surface area contributed by atoms with Crippen LogP contribution in [0.15, 0.2) is 27.2 Å². The zero-order valence-electron chi connectivity index (χ0n) is 10.1. The molecule has 2 aromatic heterocycles. The van der Waals surface area contributed by atoms with E-state index in [9.17, 15) is 0 Å². The molecule has 2 aromatic rings. The van der Waals surface area contributed by atoms with E-state index in [2.05, 4.69) is 15.1 Å². The summed E-state index contributed by atoms with van der Waals surface area (Å²) in [7, 11) is 0. The SMILES string of the molecule is NCC1CCN(Cc2nnc(-c3ccco3)o2)C1. The summed E-state index contributed by atoms with van der Waals surface area (Å²) in [5.74, 6) is 2.26. The minimum atomic E-state index is 0.435. The van der Waals surface area contributed by atoms with Gasteiger partial charge in [0.25, 0.3) is 5.89 Å². The summed E-state index contributed by atoms with van der Waals surface area (Å²) in [5, 5.41) is 8.02. The Hall–Kier alpha value is -1.66. The number of nitrogens with zero attached hydrogens (tertiary/aromatic N) is 3. The first-order valence-electron chi connectivity index (χ1n) is 6.14. The first-order valence-corrected chi connectivity index (χ1v) is 6.14. The molecule has 0 amide bonds. The highest BCUT2D eigenvalue weighted by Crippen LogP contribution is 2.20. The van der Waals surface area contributed by atoms with Crippen molar-refractivity contribution in [1.29, 1.82) is 0 Å². The van der Waals surface area contributed by atoms with Crippen molar-refractivity contribution < 1.29 is 8.83 Å². The van der Waals surface area contributed by atoms with Crippen LogP contribution in [-0.4, -0.2) is 34.7 Å². The lowest BCUT2D eigenvalue weighted by molar-refractivity contribution is 0.282. The quantitative estimate of drug-likeness (QED) is 0.872. The molecule has 1 aliphatic heterocycles. The van der Waals surface area contributed by atoms with Crippen LogP contribution in [0.25, 0.3) is 11.7 Å². The van der Waals surface area contributed by atoms with E-state index in [0.29, 0.717) is 30.0 Å². The van der Waals surface area contributed by atoms with E-state index in [-0.39, 0.29) is 0 Å². The van der Waals surface area contributed by atoms with Gasteiger partial charge in [0, 0.05) is 6.54 Å². The second-order valence-electron chi connectivity index (χ2n) is 4.60. The summed E-state index contributed by atoms with van der Waals surface area (Å²) in [6.45, 7) is 3.48. The summed E-state index contributed by atoms with van der Waals surface area (Å²) in [4.78, 5) is 2.29. The van der Waals surface area contributed by atoms with Gasteiger partial charge in [-0.25, -0.2) is 0 Å². The fourth-order valence-electron chi connectivity index (χ4n) is 2.26. The van der Waals surface area contributed by atoms with Gasteiger partial charge in [-0.15, -0.1) is 10.2 Å². The highest BCUT2D eigenvalue weighted by atomic mass is 16.4. The zero-order chi connectivity index (χ0) is 12.4. The molecule has 0 radical (unpaired) electrons. The molecule has 6 heteroatoms. The van der Waals surface area contributed by atoms with Gasteiger partial charge >= 0.3 is 0 Å². The van der Waals surface area contributed by atoms with Crippen LogP contribution in [0.4, 0.5) is 0 Å². The minimum absolute atomic E-state index is 0.435. The number of nitrogens with two attached hydrogens (primary N) is 1. The molecule has 0 bridgehead atoms. The van der Waals surface area contributed by atoms with Crippen LogP contribution in [0.2, 0.25) is 0 Å². The van der Waals surface area contributed by atoms with E-state index in [1.165, 1.54) is 0 Å². The molecule has 0 spiro atoms. The van der Waals surface area contributed by atoms with Crippen LogP contribution in [0, 0.1) is 5.92 Å². The molecule has 2 N–H and O–H groups in total. The summed E-state index contributed by atoms with van der Waals surface area (Å²) in [6, 6.07) is 3.60. The van der Waals surface area contributed by atoms with Crippen LogP contribution in [0.5, 0.6) is 0 Å². The molecule has 6 nitrogen and oxygen atoms in total. The van der Waals surface area contributed by atoms with E-state index < -0.39 is 0 Å². The second-order valence-corrected chi connectivity index (χ2v) is 4.60. The lowest BCUT2D eigenvalue weighted by Gasteiger charge is -2.12. The maximum atomic E-state index is 5.67. The van der Waals surface area contributed by atoms with Crippen molar-refractivity contribution in [3.05, 3.63) is 24.3 Å². The molecule has 0 aromatic carbocycles. The van der Waals surface area contributed by atoms with Gasteiger partial charge in [0.1, 0.15) is 0 Å². The van der Waals surface area contributed by atoms with Crippen molar-refractivity contribution in [2.45, 2.75) is 13.0 Å². The van der Waals surface area contributed by atoms with E-state index >= 15 is 0 Å². The maximum Gasteiger partial charge on any atom is 0.283 e. The number of hydrogen-bond donors (Lipinski definition) is 1. The number of aromatic nitrogens is 2. The van der Waals surface area contributed by atoms with Crippen molar-refractivity contribution in [3.63, 3.8) is 0 Å². The number of hydrogen-bond acceptors (Lipinski definition) is 6.